The Morgan fingerprint density at radius 2 is 1.96 bits per heavy atom. The fourth-order valence-electron chi connectivity index (χ4n) is 2.84. The molecule has 7 heteroatoms. The van der Waals surface area contributed by atoms with Crippen LogP contribution >= 0.6 is 11.8 Å². The summed E-state index contributed by atoms with van der Waals surface area (Å²) in [6.45, 7) is 1.89. The Morgan fingerprint density at radius 3 is 2.65 bits per heavy atom. The highest BCUT2D eigenvalue weighted by Crippen LogP contribution is 2.40. The van der Waals surface area contributed by atoms with Crippen LogP contribution in [0.5, 0.6) is 0 Å². The van der Waals surface area contributed by atoms with Crippen molar-refractivity contribution in [1.29, 1.82) is 0 Å². The predicted molar refractivity (Wildman–Crippen MR) is 96.2 cm³/mol. The Hall–Kier alpha value is -2.41. The molecule has 0 unspecified atom stereocenters. The van der Waals surface area contributed by atoms with E-state index >= 15 is 0 Å². The van der Waals surface area contributed by atoms with Crippen molar-refractivity contribution in [3.8, 4) is 0 Å². The zero-order valence-corrected chi connectivity index (χ0v) is 14.9. The second-order valence-corrected chi connectivity index (χ2v) is 7.11. The number of thioether (sulfide) groups is 1. The number of halogens is 2. The second kappa shape index (κ2) is 7.86. The van der Waals surface area contributed by atoms with Gasteiger partial charge in [0.2, 0.25) is 11.8 Å². The zero-order valence-electron chi connectivity index (χ0n) is 14.1. The van der Waals surface area contributed by atoms with E-state index in [1.54, 1.807) is 31.2 Å². The van der Waals surface area contributed by atoms with Gasteiger partial charge in [0.25, 0.3) is 0 Å². The van der Waals surface area contributed by atoms with Gasteiger partial charge in [0.15, 0.2) is 0 Å². The van der Waals surface area contributed by atoms with E-state index in [1.165, 1.54) is 40.9 Å². The molecule has 0 saturated carbocycles. The normalized spacial score (nSPS) is 18.0. The molecule has 2 aromatic rings. The van der Waals surface area contributed by atoms with Crippen molar-refractivity contribution in [2.75, 3.05) is 5.75 Å². The molecule has 3 rings (SSSR count). The van der Waals surface area contributed by atoms with Gasteiger partial charge in [-0.15, -0.1) is 11.8 Å². The van der Waals surface area contributed by atoms with Gasteiger partial charge in [0, 0.05) is 6.54 Å². The predicted octanol–water partition coefficient (Wildman–Crippen LogP) is 3.24. The molecule has 1 saturated heterocycles. The maximum atomic E-state index is 13.5. The lowest BCUT2D eigenvalue weighted by atomic mass is 10.1. The van der Waals surface area contributed by atoms with Crippen LogP contribution in [-0.4, -0.2) is 28.5 Å². The SMILES string of the molecule is C[C@@H](C(=O)NCc1ccc(F)cc1)N1C(=O)CS[C@H]1c1cccc(F)c1. The molecule has 1 fully saturated rings. The zero-order chi connectivity index (χ0) is 18.7. The molecule has 136 valence electrons. The number of amides is 2. The first-order valence-electron chi connectivity index (χ1n) is 8.16. The lowest BCUT2D eigenvalue weighted by Gasteiger charge is -2.29. The summed E-state index contributed by atoms with van der Waals surface area (Å²) in [4.78, 5) is 26.3. The number of nitrogens with zero attached hydrogens (tertiary/aromatic N) is 1. The summed E-state index contributed by atoms with van der Waals surface area (Å²) in [6.07, 6.45) is 0. The Bertz CT molecular complexity index is 813. The quantitative estimate of drug-likeness (QED) is 0.872. The highest BCUT2D eigenvalue weighted by atomic mass is 32.2. The first-order valence-corrected chi connectivity index (χ1v) is 9.21. The molecule has 0 radical (unpaired) electrons. The van der Waals surface area contributed by atoms with Crippen LogP contribution in [0.3, 0.4) is 0 Å². The minimum absolute atomic E-state index is 0.159. The van der Waals surface area contributed by atoms with Crippen molar-refractivity contribution in [1.82, 2.24) is 10.2 Å². The molecule has 1 aliphatic heterocycles. The highest BCUT2D eigenvalue weighted by Gasteiger charge is 2.38. The third kappa shape index (κ3) is 4.04. The van der Waals surface area contributed by atoms with Crippen molar-refractivity contribution in [2.45, 2.75) is 24.9 Å². The fraction of sp³-hybridized carbons (Fsp3) is 0.263. The van der Waals surface area contributed by atoms with Crippen LogP contribution in [0, 0.1) is 11.6 Å². The van der Waals surface area contributed by atoms with E-state index in [1.807, 2.05) is 0 Å². The van der Waals surface area contributed by atoms with Crippen molar-refractivity contribution in [3.05, 3.63) is 71.3 Å². The van der Waals surface area contributed by atoms with Crippen LogP contribution in [0.4, 0.5) is 8.78 Å². The summed E-state index contributed by atoms with van der Waals surface area (Å²) in [6, 6.07) is 11.2. The van der Waals surface area contributed by atoms with Crippen LogP contribution in [0.15, 0.2) is 48.5 Å². The molecule has 1 heterocycles. The topological polar surface area (TPSA) is 49.4 Å². The smallest absolute Gasteiger partial charge is 0.242 e. The molecule has 0 aliphatic carbocycles. The minimum atomic E-state index is -0.703. The van der Waals surface area contributed by atoms with E-state index in [2.05, 4.69) is 5.32 Å². The number of carbonyl (C=O) groups excluding carboxylic acids is 2. The maximum absolute atomic E-state index is 13.5. The van der Waals surface area contributed by atoms with Crippen molar-refractivity contribution in [3.63, 3.8) is 0 Å². The molecule has 2 aromatic carbocycles. The number of hydrogen-bond acceptors (Lipinski definition) is 3. The molecule has 0 bridgehead atoms. The van der Waals surface area contributed by atoms with E-state index in [-0.39, 0.29) is 35.7 Å². The van der Waals surface area contributed by atoms with E-state index in [0.717, 1.165) is 5.56 Å². The van der Waals surface area contributed by atoms with Gasteiger partial charge in [-0.1, -0.05) is 24.3 Å². The molecular formula is C19H18F2N2O2S. The minimum Gasteiger partial charge on any atom is -0.350 e. The van der Waals surface area contributed by atoms with Crippen LogP contribution in [0.25, 0.3) is 0 Å². The fourth-order valence-corrected chi connectivity index (χ4v) is 4.09. The van der Waals surface area contributed by atoms with E-state index in [4.69, 9.17) is 0 Å². The first-order chi connectivity index (χ1) is 12.5. The number of hydrogen-bond donors (Lipinski definition) is 1. The van der Waals surface area contributed by atoms with Gasteiger partial charge in [-0.25, -0.2) is 8.78 Å². The van der Waals surface area contributed by atoms with Crippen LogP contribution in [0.1, 0.15) is 23.4 Å². The Balaban J connectivity index is 1.69. The van der Waals surface area contributed by atoms with Crippen molar-refractivity contribution in [2.24, 2.45) is 0 Å². The van der Waals surface area contributed by atoms with Crippen molar-refractivity contribution < 1.29 is 18.4 Å². The van der Waals surface area contributed by atoms with Crippen LogP contribution in [-0.2, 0) is 16.1 Å². The average Bonchev–Trinajstić information content (AvgIpc) is 3.02. The average molecular weight is 376 g/mol. The molecule has 0 aromatic heterocycles. The third-order valence-corrected chi connectivity index (χ3v) is 5.44. The molecule has 2 amide bonds. The molecule has 2 atom stereocenters. The summed E-state index contributed by atoms with van der Waals surface area (Å²) in [5.74, 6) is -0.946. The third-order valence-electron chi connectivity index (χ3n) is 4.22. The summed E-state index contributed by atoms with van der Waals surface area (Å²) in [7, 11) is 0. The molecule has 1 aliphatic rings. The summed E-state index contributed by atoms with van der Waals surface area (Å²) >= 11 is 1.37. The molecular weight excluding hydrogens is 358 g/mol. The Morgan fingerprint density at radius 1 is 1.23 bits per heavy atom. The van der Waals surface area contributed by atoms with E-state index < -0.39 is 11.4 Å². The van der Waals surface area contributed by atoms with Crippen LogP contribution in [0.2, 0.25) is 0 Å². The highest BCUT2D eigenvalue weighted by molar-refractivity contribution is 8.00. The monoisotopic (exact) mass is 376 g/mol. The Labute approximate surface area is 154 Å². The largest absolute Gasteiger partial charge is 0.350 e. The molecule has 4 nitrogen and oxygen atoms in total. The van der Waals surface area contributed by atoms with Gasteiger partial charge in [0.05, 0.1) is 5.75 Å². The van der Waals surface area contributed by atoms with Gasteiger partial charge in [-0.3, -0.25) is 9.59 Å². The molecule has 1 N–H and O–H groups in total. The van der Waals surface area contributed by atoms with Gasteiger partial charge in [0.1, 0.15) is 23.1 Å². The van der Waals surface area contributed by atoms with E-state index in [9.17, 15) is 18.4 Å². The van der Waals surface area contributed by atoms with E-state index in [0.29, 0.717) is 5.56 Å². The van der Waals surface area contributed by atoms with Gasteiger partial charge in [-0.2, -0.15) is 0 Å². The molecule has 0 spiro atoms. The summed E-state index contributed by atoms with van der Waals surface area (Å²) in [5, 5.41) is 2.36. The molecule has 26 heavy (non-hydrogen) atoms. The summed E-state index contributed by atoms with van der Waals surface area (Å²) in [5.41, 5.74) is 1.41. The van der Waals surface area contributed by atoms with Gasteiger partial charge >= 0.3 is 0 Å². The second-order valence-electron chi connectivity index (χ2n) is 6.04. The number of carbonyl (C=O) groups is 2. The van der Waals surface area contributed by atoms with Crippen LogP contribution < -0.4 is 5.32 Å². The number of benzene rings is 2. The van der Waals surface area contributed by atoms with Gasteiger partial charge in [-0.05, 0) is 42.3 Å². The summed E-state index contributed by atoms with van der Waals surface area (Å²) < 4.78 is 26.5. The maximum Gasteiger partial charge on any atom is 0.242 e. The Kier molecular flexibility index (Phi) is 5.56. The number of nitrogens with one attached hydrogen (secondary N) is 1. The number of rotatable bonds is 5. The first kappa shape index (κ1) is 18.4. The van der Waals surface area contributed by atoms with Gasteiger partial charge < -0.3 is 10.2 Å². The van der Waals surface area contributed by atoms with Crippen molar-refractivity contribution >= 4 is 23.6 Å². The standard InChI is InChI=1S/C19H18F2N2O2S/c1-12(18(25)22-10-13-5-7-15(20)8-6-13)23-17(24)11-26-19(23)14-3-2-4-16(21)9-14/h2-9,12,19H,10-11H2,1H3,(H,22,25)/t12-,19-/m0/s1. The lowest BCUT2D eigenvalue weighted by Crippen LogP contribution is -2.46. The lowest BCUT2D eigenvalue weighted by molar-refractivity contribution is -0.137.